The lowest BCUT2D eigenvalue weighted by Crippen LogP contribution is -2.24. The highest BCUT2D eigenvalue weighted by Gasteiger charge is 2.03. The van der Waals surface area contributed by atoms with Gasteiger partial charge in [-0.05, 0) is 34.7 Å². The first kappa shape index (κ1) is 13.2. The molecule has 96 valence electrons. The van der Waals surface area contributed by atoms with Crippen molar-refractivity contribution in [1.82, 2.24) is 4.98 Å². The van der Waals surface area contributed by atoms with Crippen LogP contribution in [0.15, 0.2) is 48.2 Å². The van der Waals surface area contributed by atoms with Gasteiger partial charge in [0.05, 0.1) is 5.57 Å². The van der Waals surface area contributed by atoms with Crippen LogP contribution in [0.4, 0.5) is 0 Å². The summed E-state index contributed by atoms with van der Waals surface area (Å²) in [5.41, 5.74) is 1.33. The predicted octanol–water partition coefficient (Wildman–Crippen LogP) is 1.73. The van der Waals surface area contributed by atoms with E-state index in [1.54, 1.807) is 18.2 Å². The molecule has 0 fully saturated rings. The van der Waals surface area contributed by atoms with Crippen molar-refractivity contribution in [3.63, 3.8) is 0 Å². The Labute approximate surface area is 115 Å². The van der Waals surface area contributed by atoms with Crippen LogP contribution in [0.1, 0.15) is 0 Å². The van der Waals surface area contributed by atoms with Crippen LogP contribution < -0.4 is 10.4 Å². The van der Waals surface area contributed by atoms with E-state index < -0.39 is 5.97 Å². The minimum atomic E-state index is -0.916. The minimum Gasteiger partial charge on any atom is -0.478 e. The fraction of sp³-hybridized carbons (Fsp3) is 0. The summed E-state index contributed by atoms with van der Waals surface area (Å²) in [6, 6.07) is 6.04. The van der Waals surface area contributed by atoms with Crippen LogP contribution in [-0.4, -0.2) is 16.1 Å². The number of nitrogens with one attached hydrogen (secondary N) is 1. The summed E-state index contributed by atoms with van der Waals surface area (Å²) in [5, 5.41) is 12.2. The van der Waals surface area contributed by atoms with Gasteiger partial charge in [0.2, 0.25) is 0 Å². The highest BCUT2D eigenvalue weighted by molar-refractivity contribution is 5.92. The Morgan fingerprint density at radius 2 is 1.95 bits per heavy atom. The van der Waals surface area contributed by atoms with Gasteiger partial charge in [-0.3, -0.25) is 0 Å². The number of aromatic nitrogens is 1. The largest absolute Gasteiger partial charge is 0.478 e. The summed E-state index contributed by atoms with van der Waals surface area (Å²) in [6.45, 7) is 0. The van der Waals surface area contributed by atoms with Crippen LogP contribution >= 0.6 is 12.4 Å². The lowest BCUT2D eigenvalue weighted by molar-refractivity contribution is -0.132. The molecule has 1 aromatic carbocycles. The molecule has 1 aliphatic rings. The van der Waals surface area contributed by atoms with E-state index in [0.29, 0.717) is 0 Å². The molecular weight excluding hydrogens is 262 g/mol. The molecule has 19 heavy (non-hydrogen) atoms. The highest BCUT2D eigenvalue weighted by Crippen LogP contribution is 2.06. The number of carboxylic acid groups (broad SMARTS) is 1. The molecule has 1 aromatic heterocycles. The summed E-state index contributed by atoms with van der Waals surface area (Å²) in [7, 11) is 0. The first-order valence-corrected chi connectivity index (χ1v) is 5.65. The standard InChI is InChI=1S/C15H11NO2.ClH/c17-15(18)11-3-1-2-10-5-7-14-13(8-9-16-14)12(10)6-4-11;/h1-9,16H,(H,17,18);1H/b2-1?,3-1-,6-4?,10-2-,11-3?,11-4+,12-6+;. The van der Waals surface area contributed by atoms with Gasteiger partial charge in [0.1, 0.15) is 0 Å². The van der Waals surface area contributed by atoms with Gasteiger partial charge in [0.15, 0.2) is 0 Å². The van der Waals surface area contributed by atoms with E-state index in [4.69, 9.17) is 5.11 Å². The van der Waals surface area contributed by atoms with E-state index in [-0.39, 0.29) is 18.0 Å². The van der Waals surface area contributed by atoms with Gasteiger partial charge < -0.3 is 10.1 Å². The van der Waals surface area contributed by atoms with Gasteiger partial charge in [-0.15, -0.1) is 12.4 Å². The molecule has 0 radical (unpaired) electrons. The second-order valence-corrected chi connectivity index (χ2v) is 4.13. The maximum Gasteiger partial charge on any atom is 0.335 e. The topological polar surface area (TPSA) is 53.1 Å². The highest BCUT2D eigenvalue weighted by atomic mass is 35.5. The SMILES string of the molecule is Cl.O=C(O)C1=C/C=c2\c(ccc3[nH]ccc23)=C/C=C\1. The number of carboxylic acids is 1. The van der Waals surface area contributed by atoms with Crippen LogP contribution in [0.5, 0.6) is 0 Å². The third-order valence-electron chi connectivity index (χ3n) is 3.04. The van der Waals surface area contributed by atoms with Crippen molar-refractivity contribution in [1.29, 1.82) is 0 Å². The number of hydrogen-bond acceptors (Lipinski definition) is 1. The fourth-order valence-electron chi connectivity index (χ4n) is 2.13. The molecule has 2 N–H and O–H groups in total. The van der Waals surface area contributed by atoms with E-state index in [0.717, 1.165) is 21.3 Å². The average Bonchev–Trinajstić information content (AvgIpc) is 2.77. The third kappa shape index (κ3) is 2.33. The van der Waals surface area contributed by atoms with E-state index in [1.807, 2.05) is 36.5 Å². The first-order valence-electron chi connectivity index (χ1n) is 5.65. The lowest BCUT2D eigenvalue weighted by atomic mass is 10.1. The quantitative estimate of drug-likeness (QED) is 0.831. The molecular formula is C15H12ClNO2. The second kappa shape index (κ2) is 5.16. The average molecular weight is 274 g/mol. The van der Waals surface area contributed by atoms with Crippen molar-refractivity contribution in [2.45, 2.75) is 0 Å². The molecule has 0 saturated heterocycles. The Morgan fingerprint density at radius 1 is 1.11 bits per heavy atom. The maximum absolute atomic E-state index is 11.0. The van der Waals surface area contributed by atoms with Gasteiger partial charge >= 0.3 is 5.97 Å². The van der Waals surface area contributed by atoms with Crippen LogP contribution in [-0.2, 0) is 4.79 Å². The summed E-state index contributed by atoms with van der Waals surface area (Å²) < 4.78 is 0. The van der Waals surface area contributed by atoms with Crippen molar-refractivity contribution in [3.8, 4) is 0 Å². The van der Waals surface area contributed by atoms with Crippen molar-refractivity contribution >= 4 is 41.4 Å². The minimum absolute atomic E-state index is 0. The molecule has 3 nitrogen and oxygen atoms in total. The normalized spacial score (nSPS) is 21.2. The molecule has 0 atom stereocenters. The van der Waals surface area contributed by atoms with Crippen molar-refractivity contribution in [3.05, 3.63) is 58.6 Å². The lowest BCUT2D eigenvalue weighted by Gasteiger charge is -1.98. The van der Waals surface area contributed by atoms with Crippen LogP contribution in [0.2, 0.25) is 0 Å². The van der Waals surface area contributed by atoms with Gasteiger partial charge in [0.25, 0.3) is 0 Å². The molecule has 0 bridgehead atoms. The fourth-order valence-corrected chi connectivity index (χ4v) is 2.13. The van der Waals surface area contributed by atoms with Crippen LogP contribution in [0.25, 0.3) is 23.1 Å². The Bertz CT molecular complexity index is 812. The van der Waals surface area contributed by atoms with Gasteiger partial charge in [-0.1, -0.05) is 24.3 Å². The number of rotatable bonds is 1. The monoisotopic (exact) mass is 273 g/mol. The van der Waals surface area contributed by atoms with Crippen molar-refractivity contribution < 1.29 is 9.90 Å². The number of carbonyl (C=O) groups is 1. The molecule has 1 aliphatic carbocycles. The number of hydrogen-bond donors (Lipinski definition) is 2. The molecule has 4 heteroatoms. The molecule has 2 aromatic rings. The third-order valence-corrected chi connectivity index (χ3v) is 3.04. The number of aliphatic carboxylic acids is 1. The Morgan fingerprint density at radius 3 is 2.74 bits per heavy atom. The Balaban J connectivity index is 0.00000133. The number of allylic oxidation sites excluding steroid dienone is 2. The molecule has 0 saturated carbocycles. The zero-order chi connectivity index (χ0) is 12.5. The summed E-state index contributed by atoms with van der Waals surface area (Å²) in [5.74, 6) is -0.916. The zero-order valence-corrected chi connectivity index (χ0v) is 10.8. The van der Waals surface area contributed by atoms with E-state index in [1.165, 1.54) is 0 Å². The van der Waals surface area contributed by atoms with E-state index >= 15 is 0 Å². The summed E-state index contributed by atoms with van der Waals surface area (Å²) in [4.78, 5) is 14.1. The zero-order valence-electron chi connectivity index (χ0n) is 9.96. The smallest absolute Gasteiger partial charge is 0.335 e. The first-order chi connectivity index (χ1) is 8.75. The molecule has 0 unspecified atom stereocenters. The molecule has 3 rings (SSSR count). The van der Waals surface area contributed by atoms with Gasteiger partial charge in [-0.25, -0.2) is 4.79 Å². The van der Waals surface area contributed by atoms with E-state index in [2.05, 4.69) is 4.98 Å². The summed E-state index contributed by atoms with van der Waals surface area (Å²) >= 11 is 0. The van der Waals surface area contributed by atoms with Crippen LogP contribution in [0, 0.1) is 0 Å². The van der Waals surface area contributed by atoms with E-state index in [9.17, 15) is 4.79 Å². The number of halogens is 1. The second-order valence-electron chi connectivity index (χ2n) is 4.13. The molecule has 0 spiro atoms. The molecule has 0 aliphatic heterocycles. The Kier molecular flexibility index (Phi) is 3.58. The number of benzene rings is 1. The van der Waals surface area contributed by atoms with Gasteiger partial charge in [0, 0.05) is 17.1 Å². The molecule has 0 amide bonds. The number of aromatic amines is 1. The van der Waals surface area contributed by atoms with Crippen LogP contribution in [0.3, 0.4) is 0 Å². The predicted molar refractivity (Wildman–Crippen MR) is 78.6 cm³/mol. The van der Waals surface area contributed by atoms with Crippen molar-refractivity contribution in [2.24, 2.45) is 0 Å². The Hall–Kier alpha value is -2.26. The molecule has 1 heterocycles. The van der Waals surface area contributed by atoms with Gasteiger partial charge in [-0.2, -0.15) is 0 Å². The van der Waals surface area contributed by atoms with Crippen molar-refractivity contribution in [2.75, 3.05) is 0 Å². The maximum atomic E-state index is 11.0. The number of H-pyrrole nitrogens is 1. The summed E-state index contributed by atoms with van der Waals surface area (Å²) in [6.07, 6.45) is 10.7. The number of fused-ring (bicyclic) bond motifs is 3.